The Balaban J connectivity index is 2.05. The van der Waals surface area contributed by atoms with E-state index in [1.807, 2.05) is 29.7 Å². The Bertz CT molecular complexity index is 632. The van der Waals surface area contributed by atoms with Crippen LogP contribution in [0.3, 0.4) is 0 Å². The van der Waals surface area contributed by atoms with Crippen LogP contribution in [0.2, 0.25) is 0 Å². The third-order valence-electron chi connectivity index (χ3n) is 3.42. The van der Waals surface area contributed by atoms with Crippen molar-refractivity contribution in [1.82, 2.24) is 5.32 Å². The number of likely N-dealkylation sites (N-methyl/N-ethyl adjacent to an activating group) is 1. The molecule has 0 saturated heterocycles. The Morgan fingerprint density at radius 2 is 2.00 bits per heavy atom. The molecule has 0 fully saturated rings. The first-order chi connectivity index (χ1) is 10.6. The zero-order valence-corrected chi connectivity index (χ0v) is 14.1. The highest BCUT2D eigenvalue weighted by Gasteiger charge is 2.16. The Morgan fingerprint density at radius 1 is 1.27 bits per heavy atom. The van der Waals surface area contributed by atoms with Gasteiger partial charge in [0.25, 0.3) is 0 Å². The van der Waals surface area contributed by atoms with Crippen molar-refractivity contribution in [3.63, 3.8) is 0 Å². The number of benzene rings is 1. The zero-order valence-electron chi connectivity index (χ0n) is 13.3. The quantitative estimate of drug-likeness (QED) is 0.786. The van der Waals surface area contributed by atoms with Gasteiger partial charge < -0.3 is 10.2 Å². The van der Waals surface area contributed by atoms with E-state index in [9.17, 15) is 4.79 Å². The summed E-state index contributed by atoms with van der Waals surface area (Å²) in [5.74, 6) is -0.0529. The van der Waals surface area contributed by atoms with Gasteiger partial charge >= 0.3 is 0 Å². The summed E-state index contributed by atoms with van der Waals surface area (Å²) in [6.07, 6.45) is 3.51. The van der Waals surface area contributed by atoms with Gasteiger partial charge in [-0.3, -0.25) is 4.79 Å². The molecule has 0 aliphatic rings. The van der Waals surface area contributed by atoms with Crippen LogP contribution in [0.5, 0.6) is 0 Å². The fourth-order valence-corrected chi connectivity index (χ4v) is 3.09. The first kappa shape index (κ1) is 16.5. The molecule has 1 amide bonds. The number of rotatable bonds is 6. The summed E-state index contributed by atoms with van der Waals surface area (Å²) in [7, 11) is 4.18. The molecule has 4 heteroatoms. The number of amides is 1. The lowest BCUT2D eigenvalue weighted by Crippen LogP contribution is -3.06. The first-order valence-electron chi connectivity index (χ1n) is 7.43. The summed E-state index contributed by atoms with van der Waals surface area (Å²) in [5, 5.41) is 5.14. The van der Waals surface area contributed by atoms with Gasteiger partial charge in [0.2, 0.25) is 5.91 Å². The standard InChI is InChI=1S/C18H22N2OS/c1-14-11-12-22-17(14)9-10-18(21)19-16(13-20(2)3)15-7-5-4-6-8-15/h4-12,16H,13H2,1-3H3,(H,19,21)/p+1/b10-9+/t16-/m0/s1. The van der Waals surface area contributed by atoms with E-state index in [-0.39, 0.29) is 11.9 Å². The number of quaternary nitrogens is 1. The molecular weight excluding hydrogens is 292 g/mol. The molecule has 116 valence electrons. The van der Waals surface area contributed by atoms with Crippen molar-refractivity contribution in [2.75, 3.05) is 20.6 Å². The molecule has 2 rings (SSSR count). The van der Waals surface area contributed by atoms with E-state index in [0.717, 1.165) is 17.0 Å². The van der Waals surface area contributed by atoms with E-state index in [1.54, 1.807) is 17.4 Å². The summed E-state index contributed by atoms with van der Waals surface area (Å²) in [4.78, 5) is 14.6. The molecule has 2 N–H and O–H groups in total. The molecule has 1 atom stereocenters. The SMILES string of the molecule is Cc1ccsc1/C=C/C(=O)N[C@@H](C[NH+](C)C)c1ccccc1. The highest BCUT2D eigenvalue weighted by molar-refractivity contribution is 7.11. The number of nitrogens with one attached hydrogen (secondary N) is 2. The third-order valence-corrected chi connectivity index (χ3v) is 4.40. The van der Waals surface area contributed by atoms with Gasteiger partial charge in [-0.15, -0.1) is 11.3 Å². The van der Waals surface area contributed by atoms with E-state index >= 15 is 0 Å². The lowest BCUT2D eigenvalue weighted by atomic mass is 10.1. The van der Waals surface area contributed by atoms with E-state index < -0.39 is 0 Å². The minimum absolute atomic E-state index is 0.0211. The second-order valence-corrected chi connectivity index (χ2v) is 6.63. The molecule has 0 aliphatic heterocycles. The highest BCUT2D eigenvalue weighted by Crippen LogP contribution is 2.17. The monoisotopic (exact) mass is 315 g/mol. The largest absolute Gasteiger partial charge is 0.340 e. The summed E-state index contributed by atoms with van der Waals surface area (Å²) >= 11 is 1.65. The molecule has 1 aromatic carbocycles. The second kappa shape index (κ2) is 7.92. The maximum Gasteiger partial charge on any atom is 0.244 e. The summed E-state index contributed by atoms with van der Waals surface area (Å²) in [6, 6.07) is 12.2. The van der Waals surface area contributed by atoms with Gasteiger partial charge in [-0.25, -0.2) is 0 Å². The van der Waals surface area contributed by atoms with Gasteiger partial charge in [-0.1, -0.05) is 30.3 Å². The molecule has 0 bridgehead atoms. The van der Waals surface area contributed by atoms with Crippen LogP contribution in [0.4, 0.5) is 0 Å². The van der Waals surface area contributed by atoms with Crippen molar-refractivity contribution in [1.29, 1.82) is 0 Å². The van der Waals surface area contributed by atoms with E-state index in [2.05, 4.69) is 44.5 Å². The average Bonchev–Trinajstić information content (AvgIpc) is 2.90. The highest BCUT2D eigenvalue weighted by atomic mass is 32.1. The van der Waals surface area contributed by atoms with Crippen molar-refractivity contribution < 1.29 is 9.69 Å². The molecule has 1 aromatic heterocycles. The molecule has 0 saturated carbocycles. The van der Waals surface area contributed by atoms with Crippen molar-refractivity contribution in [2.45, 2.75) is 13.0 Å². The molecule has 1 heterocycles. The number of thiophene rings is 1. The Morgan fingerprint density at radius 3 is 2.59 bits per heavy atom. The van der Waals surface area contributed by atoms with Crippen molar-refractivity contribution in [3.8, 4) is 0 Å². The smallest absolute Gasteiger partial charge is 0.244 e. The Kier molecular flexibility index (Phi) is 5.92. The molecule has 2 aromatic rings. The third kappa shape index (κ3) is 4.83. The van der Waals surface area contributed by atoms with Crippen LogP contribution in [0.1, 0.15) is 22.0 Å². The van der Waals surface area contributed by atoms with Gasteiger partial charge in [0.1, 0.15) is 12.6 Å². The van der Waals surface area contributed by atoms with Crippen LogP contribution >= 0.6 is 11.3 Å². The van der Waals surface area contributed by atoms with Crippen LogP contribution in [-0.4, -0.2) is 26.5 Å². The van der Waals surface area contributed by atoms with E-state index in [1.165, 1.54) is 10.5 Å². The van der Waals surface area contributed by atoms with Gasteiger partial charge in [-0.2, -0.15) is 0 Å². The molecule has 0 radical (unpaired) electrons. The lowest BCUT2D eigenvalue weighted by Gasteiger charge is -2.20. The summed E-state index contributed by atoms with van der Waals surface area (Å²) in [5.41, 5.74) is 2.34. The Hall–Kier alpha value is -1.91. The van der Waals surface area contributed by atoms with Gasteiger partial charge in [-0.05, 0) is 35.6 Å². The minimum atomic E-state index is -0.0529. The predicted molar refractivity (Wildman–Crippen MR) is 93.1 cm³/mol. The van der Waals surface area contributed by atoms with Crippen LogP contribution in [0.25, 0.3) is 6.08 Å². The summed E-state index contributed by atoms with van der Waals surface area (Å²) < 4.78 is 0. The van der Waals surface area contributed by atoms with Crippen LogP contribution in [0, 0.1) is 6.92 Å². The normalized spacial score (nSPS) is 12.7. The fourth-order valence-electron chi connectivity index (χ4n) is 2.27. The van der Waals surface area contributed by atoms with Crippen LogP contribution < -0.4 is 10.2 Å². The topological polar surface area (TPSA) is 33.5 Å². The molecular formula is C18H23N2OS+. The maximum absolute atomic E-state index is 12.2. The van der Waals surface area contributed by atoms with Gasteiger partial charge in [0.15, 0.2) is 0 Å². The van der Waals surface area contributed by atoms with Gasteiger partial charge in [0.05, 0.1) is 14.1 Å². The molecule has 0 spiro atoms. The maximum atomic E-state index is 12.2. The number of hydrogen-bond donors (Lipinski definition) is 2. The fraction of sp³-hybridized carbons (Fsp3) is 0.278. The van der Waals surface area contributed by atoms with Gasteiger partial charge in [0, 0.05) is 11.0 Å². The number of aryl methyl sites for hydroxylation is 1. The Labute approximate surface area is 136 Å². The van der Waals surface area contributed by atoms with Crippen molar-refractivity contribution in [3.05, 3.63) is 63.9 Å². The van der Waals surface area contributed by atoms with E-state index in [4.69, 9.17) is 0 Å². The molecule has 0 unspecified atom stereocenters. The molecule has 0 aliphatic carbocycles. The summed E-state index contributed by atoms with van der Waals surface area (Å²) in [6.45, 7) is 2.90. The van der Waals surface area contributed by atoms with Crippen molar-refractivity contribution in [2.24, 2.45) is 0 Å². The predicted octanol–water partition coefficient (Wildman–Crippen LogP) is 2.07. The second-order valence-electron chi connectivity index (χ2n) is 5.68. The minimum Gasteiger partial charge on any atom is -0.340 e. The average molecular weight is 315 g/mol. The first-order valence-corrected chi connectivity index (χ1v) is 8.31. The molecule has 3 nitrogen and oxygen atoms in total. The lowest BCUT2D eigenvalue weighted by molar-refractivity contribution is -0.860. The van der Waals surface area contributed by atoms with Crippen molar-refractivity contribution >= 4 is 23.3 Å². The van der Waals surface area contributed by atoms with Crippen LogP contribution in [0.15, 0.2) is 47.9 Å². The number of hydrogen-bond acceptors (Lipinski definition) is 2. The number of carbonyl (C=O) groups is 1. The van der Waals surface area contributed by atoms with Crippen LogP contribution in [-0.2, 0) is 4.79 Å². The molecule has 22 heavy (non-hydrogen) atoms. The number of carbonyl (C=O) groups excluding carboxylic acids is 1. The zero-order chi connectivity index (χ0) is 15.9. The van der Waals surface area contributed by atoms with E-state index in [0.29, 0.717) is 0 Å².